The second kappa shape index (κ2) is 5.28. The summed E-state index contributed by atoms with van der Waals surface area (Å²) in [5, 5.41) is 0. The van der Waals surface area contributed by atoms with E-state index in [1.165, 1.54) is 45.3 Å². The summed E-state index contributed by atoms with van der Waals surface area (Å²) in [5.74, 6) is 0. The molecule has 0 aromatic heterocycles. The first-order chi connectivity index (χ1) is 7.31. The quantitative estimate of drug-likeness (QED) is 0.696. The van der Waals surface area contributed by atoms with E-state index in [9.17, 15) is 0 Å². The van der Waals surface area contributed by atoms with E-state index in [0.717, 1.165) is 12.6 Å². The second-order valence-electron chi connectivity index (χ2n) is 5.02. The highest BCUT2D eigenvalue weighted by Gasteiger charge is 2.29. The van der Waals surface area contributed by atoms with Crippen molar-refractivity contribution in [2.45, 2.75) is 37.8 Å². The largest absolute Gasteiger partial charge is 0.383 e. The van der Waals surface area contributed by atoms with E-state index < -0.39 is 0 Å². The Balaban J connectivity index is 1.82. The summed E-state index contributed by atoms with van der Waals surface area (Å²) in [6.07, 6.45) is 5.44. The lowest BCUT2D eigenvalue weighted by Gasteiger charge is -2.29. The highest BCUT2D eigenvalue weighted by Crippen LogP contribution is 2.22. The Hall–Kier alpha value is -0.120. The van der Waals surface area contributed by atoms with Gasteiger partial charge in [0.05, 0.1) is 6.61 Å². The zero-order valence-electron chi connectivity index (χ0n) is 10.1. The number of likely N-dealkylation sites (N-methyl/N-ethyl adjacent to an activating group) is 1. The van der Waals surface area contributed by atoms with Crippen LogP contribution in [0.5, 0.6) is 0 Å². The van der Waals surface area contributed by atoms with Crippen LogP contribution in [0.4, 0.5) is 0 Å². The van der Waals surface area contributed by atoms with Gasteiger partial charge < -0.3 is 9.64 Å². The van der Waals surface area contributed by atoms with Gasteiger partial charge in [0, 0.05) is 25.7 Å². The monoisotopic (exact) mass is 212 g/mol. The molecule has 2 aliphatic heterocycles. The second-order valence-corrected chi connectivity index (χ2v) is 5.02. The number of nitrogens with zero attached hydrogens (tertiary/aromatic N) is 2. The first-order valence-corrected chi connectivity index (χ1v) is 6.24. The molecular formula is C12H24N2O. The van der Waals surface area contributed by atoms with E-state index >= 15 is 0 Å². The van der Waals surface area contributed by atoms with Crippen LogP contribution in [0.25, 0.3) is 0 Å². The van der Waals surface area contributed by atoms with E-state index in [4.69, 9.17) is 4.74 Å². The summed E-state index contributed by atoms with van der Waals surface area (Å²) in [6, 6.07) is 1.48. The van der Waals surface area contributed by atoms with Crippen LogP contribution in [0.3, 0.4) is 0 Å². The molecule has 2 heterocycles. The number of methoxy groups -OCH3 is 1. The van der Waals surface area contributed by atoms with Crippen molar-refractivity contribution < 1.29 is 4.74 Å². The molecular weight excluding hydrogens is 188 g/mol. The van der Waals surface area contributed by atoms with Crippen molar-refractivity contribution in [1.82, 2.24) is 9.80 Å². The smallest absolute Gasteiger partial charge is 0.0618 e. The maximum absolute atomic E-state index is 5.29. The fourth-order valence-electron chi connectivity index (χ4n) is 3.00. The highest BCUT2D eigenvalue weighted by molar-refractivity contribution is 4.85. The molecule has 2 saturated heterocycles. The molecule has 0 aliphatic carbocycles. The Labute approximate surface area is 93.4 Å². The lowest BCUT2D eigenvalue weighted by Crippen LogP contribution is -2.42. The molecule has 3 nitrogen and oxygen atoms in total. The van der Waals surface area contributed by atoms with Crippen molar-refractivity contribution in [2.75, 3.05) is 40.4 Å². The van der Waals surface area contributed by atoms with Gasteiger partial charge in [0.25, 0.3) is 0 Å². The summed E-state index contributed by atoms with van der Waals surface area (Å²) in [6.45, 7) is 4.73. The van der Waals surface area contributed by atoms with Gasteiger partial charge in [-0.05, 0) is 45.8 Å². The molecule has 88 valence electrons. The van der Waals surface area contributed by atoms with E-state index in [1.807, 2.05) is 7.11 Å². The summed E-state index contributed by atoms with van der Waals surface area (Å²) in [7, 11) is 4.08. The van der Waals surface area contributed by atoms with Gasteiger partial charge in [0.1, 0.15) is 0 Å². The predicted molar refractivity (Wildman–Crippen MR) is 62.1 cm³/mol. The number of ether oxygens (including phenoxy) is 1. The Morgan fingerprint density at radius 3 is 2.53 bits per heavy atom. The zero-order chi connectivity index (χ0) is 10.7. The van der Waals surface area contributed by atoms with Gasteiger partial charge >= 0.3 is 0 Å². The minimum absolute atomic E-state index is 0.684. The minimum Gasteiger partial charge on any atom is -0.383 e. The molecule has 15 heavy (non-hydrogen) atoms. The molecule has 2 rings (SSSR count). The van der Waals surface area contributed by atoms with E-state index in [1.54, 1.807) is 0 Å². The summed E-state index contributed by atoms with van der Waals surface area (Å²) in [4.78, 5) is 5.15. The Morgan fingerprint density at radius 1 is 1.13 bits per heavy atom. The van der Waals surface area contributed by atoms with Crippen molar-refractivity contribution in [3.05, 3.63) is 0 Å². The summed E-state index contributed by atoms with van der Waals surface area (Å²) < 4.78 is 5.29. The number of hydrogen-bond donors (Lipinski definition) is 0. The van der Waals surface area contributed by atoms with Crippen molar-refractivity contribution in [3.8, 4) is 0 Å². The molecule has 0 N–H and O–H groups in total. The first kappa shape index (κ1) is 11.4. The fraction of sp³-hybridized carbons (Fsp3) is 1.00. The molecule has 0 bridgehead atoms. The third kappa shape index (κ3) is 2.71. The number of hydrogen-bond acceptors (Lipinski definition) is 3. The molecule has 2 atom stereocenters. The maximum atomic E-state index is 5.29. The van der Waals surface area contributed by atoms with Crippen molar-refractivity contribution in [3.63, 3.8) is 0 Å². The fourth-order valence-corrected chi connectivity index (χ4v) is 3.00. The molecule has 0 unspecified atom stereocenters. The molecule has 2 aliphatic rings. The minimum atomic E-state index is 0.684. The predicted octanol–water partition coefficient (Wildman–Crippen LogP) is 1.19. The van der Waals surface area contributed by atoms with Crippen LogP contribution >= 0.6 is 0 Å². The van der Waals surface area contributed by atoms with E-state index in [-0.39, 0.29) is 0 Å². The van der Waals surface area contributed by atoms with Gasteiger partial charge in [0.15, 0.2) is 0 Å². The average Bonchev–Trinajstić information content (AvgIpc) is 2.80. The molecule has 0 aromatic rings. The van der Waals surface area contributed by atoms with Crippen LogP contribution in [-0.4, -0.2) is 62.3 Å². The molecule has 0 radical (unpaired) electrons. The Bertz CT molecular complexity index is 198. The van der Waals surface area contributed by atoms with Crippen molar-refractivity contribution in [2.24, 2.45) is 0 Å². The molecule has 3 heteroatoms. The van der Waals surface area contributed by atoms with Gasteiger partial charge in [0.2, 0.25) is 0 Å². The zero-order valence-corrected chi connectivity index (χ0v) is 10.1. The average molecular weight is 212 g/mol. The number of rotatable bonds is 4. The molecule has 2 fully saturated rings. The maximum Gasteiger partial charge on any atom is 0.0618 e. The highest BCUT2D eigenvalue weighted by atomic mass is 16.5. The van der Waals surface area contributed by atoms with Gasteiger partial charge in [-0.2, -0.15) is 0 Å². The summed E-state index contributed by atoms with van der Waals surface area (Å²) in [5.41, 5.74) is 0. The SMILES string of the molecule is COC[C@@H]1CCCN1C[C@@H]1CCCN1C. The Morgan fingerprint density at radius 2 is 1.87 bits per heavy atom. The topological polar surface area (TPSA) is 15.7 Å². The molecule has 0 spiro atoms. The third-order valence-corrected chi connectivity index (χ3v) is 3.97. The van der Waals surface area contributed by atoms with Crippen LogP contribution in [0, 0.1) is 0 Å². The first-order valence-electron chi connectivity index (χ1n) is 6.24. The molecule has 0 saturated carbocycles. The number of likely N-dealkylation sites (tertiary alicyclic amines) is 2. The van der Waals surface area contributed by atoms with Crippen molar-refractivity contribution >= 4 is 0 Å². The molecule has 0 aromatic carbocycles. The van der Waals surface area contributed by atoms with Crippen LogP contribution in [-0.2, 0) is 4.74 Å². The van der Waals surface area contributed by atoms with Crippen LogP contribution < -0.4 is 0 Å². The molecule has 0 amide bonds. The lowest BCUT2D eigenvalue weighted by atomic mass is 10.2. The van der Waals surface area contributed by atoms with Gasteiger partial charge in [-0.3, -0.25) is 4.90 Å². The Kier molecular flexibility index (Phi) is 4.00. The van der Waals surface area contributed by atoms with Gasteiger partial charge in [-0.1, -0.05) is 0 Å². The summed E-state index contributed by atoms with van der Waals surface area (Å²) >= 11 is 0. The third-order valence-electron chi connectivity index (χ3n) is 3.97. The van der Waals surface area contributed by atoms with Gasteiger partial charge in [-0.15, -0.1) is 0 Å². The van der Waals surface area contributed by atoms with Crippen LogP contribution in [0.1, 0.15) is 25.7 Å². The van der Waals surface area contributed by atoms with Crippen LogP contribution in [0.15, 0.2) is 0 Å². The van der Waals surface area contributed by atoms with Gasteiger partial charge in [-0.25, -0.2) is 0 Å². The normalized spacial score (nSPS) is 34.0. The lowest BCUT2D eigenvalue weighted by molar-refractivity contribution is 0.0998. The van der Waals surface area contributed by atoms with E-state index in [2.05, 4.69) is 16.8 Å². The standard InChI is InChI=1S/C12H24N2O/c1-13-7-3-5-11(13)9-14-8-4-6-12(14)10-15-2/h11-12H,3-10H2,1-2H3/t11-,12-/m0/s1. The van der Waals surface area contributed by atoms with Crippen LogP contribution in [0.2, 0.25) is 0 Å². The van der Waals surface area contributed by atoms with E-state index in [0.29, 0.717) is 6.04 Å². The van der Waals surface area contributed by atoms with Crippen molar-refractivity contribution in [1.29, 1.82) is 0 Å².